The molecule has 6 heteroatoms. The first-order valence-corrected chi connectivity index (χ1v) is 9.31. The average Bonchev–Trinajstić information content (AvgIpc) is 2.99. The van der Waals surface area contributed by atoms with Gasteiger partial charge >= 0.3 is 0 Å². The number of carbonyl (C=O) groups is 2. The summed E-state index contributed by atoms with van der Waals surface area (Å²) < 4.78 is 13.9. The standard InChI is InChI=1S/C20H20BrFN2O2/c1-13-10-17(6-7-18(13)21)23-20(26)15-11-19(25)24(12-15)9-8-14-2-4-16(22)5-3-14/h2-7,10,15H,8-9,11-12H2,1H3,(H,23,26). The Labute approximate surface area is 160 Å². The maximum absolute atomic E-state index is 12.9. The highest BCUT2D eigenvalue weighted by Gasteiger charge is 2.34. The van der Waals surface area contributed by atoms with Crippen LogP contribution in [0.4, 0.5) is 10.1 Å². The first-order valence-electron chi connectivity index (χ1n) is 8.51. The minimum atomic E-state index is -0.348. The molecule has 3 rings (SSSR count). The SMILES string of the molecule is Cc1cc(NC(=O)C2CC(=O)N(CCc3ccc(F)cc3)C2)ccc1Br. The summed E-state index contributed by atoms with van der Waals surface area (Å²) in [5.41, 5.74) is 2.73. The molecule has 136 valence electrons. The zero-order valence-electron chi connectivity index (χ0n) is 14.5. The highest BCUT2D eigenvalue weighted by Crippen LogP contribution is 2.23. The number of rotatable bonds is 5. The van der Waals surface area contributed by atoms with Crippen LogP contribution in [0.5, 0.6) is 0 Å². The van der Waals surface area contributed by atoms with Crippen molar-refractivity contribution in [1.29, 1.82) is 0 Å². The summed E-state index contributed by atoms with van der Waals surface area (Å²) >= 11 is 3.43. The first kappa shape index (κ1) is 18.6. The Bertz CT molecular complexity index is 823. The number of carbonyl (C=O) groups excluding carboxylic acids is 2. The smallest absolute Gasteiger partial charge is 0.229 e. The van der Waals surface area contributed by atoms with Gasteiger partial charge in [0.1, 0.15) is 5.82 Å². The maximum Gasteiger partial charge on any atom is 0.229 e. The van der Waals surface area contributed by atoms with Crippen LogP contribution in [0, 0.1) is 18.7 Å². The van der Waals surface area contributed by atoms with Crippen molar-refractivity contribution < 1.29 is 14.0 Å². The molecule has 1 unspecified atom stereocenters. The van der Waals surface area contributed by atoms with Crippen LogP contribution < -0.4 is 5.32 Å². The van der Waals surface area contributed by atoms with Gasteiger partial charge < -0.3 is 10.2 Å². The lowest BCUT2D eigenvalue weighted by Gasteiger charge is -2.16. The summed E-state index contributed by atoms with van der Waals surface area (Å²) in [6.45, 7) is 2.91. The van der Waals surface area contributed by atoms with Crippen molar-refractivity contribution in [3.05, 3.63) is 63.9 Å². The predicted molar refractivity (Wildman–Crippen MR) is 102 cm³/mol. The third-order valence-electron chi connectivity index (χ3n) is 4.59. The van der Waals surface area contributed by atoms with E-state index in [9.17, 15) is 14.0 Å². The number of likely N-dealkylation sites (tertiary alicyclic amines) is 1. The molecule has 0 aromatic heterocycles. The van der Waals surface area contributed by atoms with Crippen molar-refractivity contribution in [2.45, 2.75) is 19.8 Å². The van der Waals surface area contributed by atoms with Gasteiger partial charge in [-0.1, -0.05) is 28.1 Å². The maximum atomic E-state index is 12.9. The van der Waals surface area contributed by atoms with Crippen LogP contribution in [-0.4, -0.2) is 29.8 Å². The Morgan fingerprint density at radius 3 is 2.69 bits per heavy atom. The van der Waals surface area contributed by atoms with Gasteiger partial charge in [0, 0.05) is 29.7 Å². The second-order valence-corrected chi connectivity index (χ2v) is 7.42. The number of anilines is 1. The van der Waals surface area contributed by atoms with Gasteiger partial charge in [-0.05, 0) is 54.8 Å². The van der Waals surface area contributed by atoms with Gasteiger partial charge in [-0.25, -0.2) is 4.39 Å². The molecular weight excluding hydrogens is 399 g/mol. The van der Waals surface area contributed by atoms with E-state index in [0.29, 0.717) is 19.5 Å². The summed E-state index contributed by atoms with van der Waals surface area (Å²) in [6, 6.07) is 11.9. The second kappa shape index (κ2) is 7.99. The Kier molecular flexibility index (Phi) is 5.71. The molecular formula is C20H20BrFN2O2. The lowest BCUT2D eigenvalue weighted by molar-refractivity contribution is -0.128. The number of hydrogen-bond donors (Lipinski definition) is 1. The third-order valence-corrected chi connectivity index (χ3v) is 5.48. The normalized spacial score (nSPS) is 16.8. The lowest BCUT2D eigenvalue weighted by Crippen LogP contribution is -2.30. The monoisotopic (exact) mass is 418 g/mol. The van der Waals surface area contributed by atoms with Crippen molar-refractivity contribution >= 4 is 33.4 Å². The van der Waals surface area contributed by atoms with Gasteiger partial charge in [-0.15, -0.1) is 0 Å². The summed E-state index contributed by atoms with van der Waals surface area (Å²) in [5, 5.41) is 2.89. The van der Waals surface area contributed by atoms with E-state index in [1.807, 2.05) is 25.1 Å². The van der Waals surface area contributed by atoms with Crippen LogP contribution in [0.1, 0.15) is 17.5 Å². The molecule has 0 saturated carbocycles. The molecule has 1 heterocycles. The molecule has 1 aliphatic rings. The van der Waals surface area contributed by atoms with E-state index in [0.717, 1.165) is 21.3 Å². The minimum absolute atomic E-state index is 0.0146. The molecule has 0 spiro atoms. The Morgan fingerprint density at radius 2 is 2.00 bits per heavy atom. The topological polar surface area (TPSA) is 49.4 Å². The molecule has 26 heavy (non-hydrogen) atoms. The number of halogens is 2. The number of nitrogens with zero attached hydrogens (tertiary/aromatic N) is 1. The Morgan fingerprint density at radius 1 is 1.27 bits per heavy atom. The Hall–Kier alpha value is -2.21. The fourth-order valence-corrected chi connectivity index (χ4v) is 3.29. The number of hydrogen-bond acceptors (Lipinski definition) is 2. The van der Waals surface area contributed by atoms with Crippen molar-refractivity contribution in [3.8, 4) is 0 Å². The molecule has 2 aromatic rings. The van der Waals surface area contributed by atoms with E-state index in [-0.39, 0.29) is 30.0 Å². The van der Waals surface area contributed by atoms with E-state index < -0.39 is 0 Å². The fraction of sp³-hybridized carbons (Fsp3) is 0.300. The van der Waals surface area contributed by atoms with Crippen molar-refractivity contribution in [1.82, 2.24) is 4.90 Å². The third kappa shape index (κ3) is 4.49. The summed E-state index contributed by atoms with van der Waals surface area (Å²) in [7, 11) is 0. The van der Waals surface area contributed by atoms with Gasteiger partial charge in [-0.2, -0.15) is 0 Å². The number of amides is 2. The van der Waals surface area contributed by atoms with E-state index in [4.69, 9.17) is 0 Å². The fourth-order valence-electron chi connectivity index (χ4n) is 3.05. The first-order chi connectivity index (χ1) is 12.4. The molecule has 0 aliphatic carbocycles. The summed E-state index contributed by atoms with van der Waals surface area (Å²) in [5.74, 6) is -0.769. The average molecular weight is 419 g/mol. The van der Waals surface area contributed by atoms with Crippen molar-refractivity contribution in [2.24, 2.45) is 5.92 Å². The van der Waals surface area contributed by atoms with E-state index >= 15 is 0 Å². The van der Waals surface area contributed by atoms with Gasteiger partial charge in [-0.3, -0.25) is 9.59 Å². The molecule has 4 nitrogen and oxygen atoms in total. The molecule has 1 fully saturated rings. The Balaban J connectivity index is 1.55. The quantitative estimate of drug-likeness (QED) is 0.799. The summed E-state index contributed by atoms with van der Waals surface area (Å²) in [6.07, 6.45) is 0.872. The number of aryl methyl sites for hydroxylation is 1. The van der Waals surface area contributed by atoms with E-state index in [1.165, 1.54) is 12.1 Å². The molecule has 1 N–H and O–H groups in total. The highest BCUT2D eigenvalue weighted by molar-refractivity contribution is 9.10. The number of nitrogens with one attached hydrogen (secondary N) is 1. The van der Waals surface area contributed by atoms with Crippen LogP contribution in [0.3, 0.4) is 0 Å². The largest absolute Gasteiger partial charge is 0.342 e. The van der Waals surface area contributed by atoms with Crippen LogP contribution in [0.15, 0.2) is 46.9 Å². The molecule has 2 amide bonds. The molecule has 0 radical (unpaired) electrons. The molecule has 0 bridgehead atoms. The summed E-state index contributed by atoms with van der Waals surface area (Å²) in [4.78, 5) is 26.4. The second-order valence-electron chi connectivity index (χ2n) is 6.57. The molecule has 2 aromatic carbocycles. The van der Waals surface area contributed by atoms with Crippen molar-refractivity contribution in [2.75, 3.05) is 18.4 Å². The molecule has 1 saturated heterocycles. The van der Waals surface area contributed by atoms with Gasteiger partial charge in [0.25, 0.3) is 0 Å². The van der Waals surface area contributed by atoms with Gasteiger partial charge in [0.05, 0.1) is 5.92 Å². The van der Waals surface area contributed by atoms with E-state index in [2.05, 4.69) is 21.2 Å². The van der Waals surface area contributed by atoms with Crippen LogP contribution >= 0.6 is 15.9 Å². The van der Waals surface area contributed by atoms with Crippen LogP contribution in [0.2, 0.25) is 0 Å². The highest BCUT2D eigenvalue weighted by atomic mass is 79.9. The zero-order valence-corrected chi connectivity index (χ0v) is 16.1. The molecule has 1 atom stereocenters. The lowest BCUT2D eigenvalue weighted by atomic mass is 10.1. The van der Waals surface area contributed by atoms with Crippen LogP contribution in [0.25, 0.3) is 0 Å². The van der Waals surface area contributed by atoms with Gasteiger partial charge in [0.2, 0.25) is 11.8 Å². The predicted octanol–water partition coefficient (Wildman–Crippen LogP) is 3.93. The minimum Gasteiger partial charge on any atom is -0.342 e. The van der Waals surface area contributed by atoms with E-state index in [1.54, 1.807) is 17.0 Å². The van der Waals surface area contributed by atoms with Crippen LogP contribution in [-0.2, 0) is 16.0 Å². The van der Waals surface area contributed by atoms with Gasteiger partial charge in [0.15, 0.2) is 0 Å². The van der Waals surface area contributed by atoms with Crippen molar-refractivity contribution in [3.63, 3.8) is 0 Å². The zero-order chi connectivity index (χ0) is 18.7. The number of benzene rings is 2. The molecule has 1 aliphatic heterocycles.